The summed E-state index contributed by atoms with van der Waals surface area (Å²) in [5.41, 5.74) is 5.75. The van der Waals surface area contributed by atoms with Crippen molar-refractivity contribution in [2.75, 3.05) is 6.61 Å². The van der Waals surface area contributed by atoms with Crippen LogP contribution in [0.2, 0.25) is 5.02 Å². The molecule has 0 amide bonds. The van der Waals surface area contributed by atoms with Gasteiger partial charge in [-0.15, -0.1) is 0 Å². The molecular formula is C32H31ClO3S2. The lowest BCUT2D eigenvalue weighted by molar-refractivity contribution is 0.309. The van der Waals surface area contributed by atoms with Gasteiger partial charge >= 0.3 is 0 Å². The summed E-state index contributed by atoms with van der Waals surface area (Å²) < 4.78 is 31.1. The monoisotopic (exact) mass is 562 g/mol. The van der Waals surface area contributed by atoms with Crippen LogP contribution in [0.5, 0.6) is 5.75 Å². The van der Waals surface area contributed by atoms with Gasteiger partial charge in [0, 0.05) is 26.1 Å². The van der Waals surface area contributed by atoms with Crippen LogP contribution < -0.4 is 4.74 Å². The Morgan fingerprint density at radius 2 is 1.42 bits per heavy atom. The largest absolute Gasteiger partial charge is 0.492 e. The number of ether oxygens (including phenoxy) is 1. The molecule has 0 aliphatic carbocycles. The maximum Gasteiger partial charge on any atom is 0.136 e. The van der Waals surface area contributed by atoms with Crippen LogP contribution in [0.4, 0.5) is 0 Å². The Bertz CT molecular complexity index is 1540. The average molecular weight is 563 g/mol. The summed E-state index contributed by atoms with van der Waals surface area (Å²) in [4.78, 5) is 3.56. The standard InChI is InChI=1S/C16H15ClO2S.C16H16OS/c1-2-9-19-14-8-7-13(17)12-10-11-5-3-4-6-15(11)20(18)16(12)14;1-11(2)12-7-8-16-14(9-12)10-13-5-3-4-6-15(13)18(16)17/h3-8H,2,9-10H2,1H3;3-9,11H,10H2,1-2H3. The number of rotatable bonds is 4. The van der Waals surface area contributed by atoms with Crippen molar-refractivity contribution in [1.29, 1.82) is 0 Å². The lowest BCUT2D eigenvalue weighted by atomic mass is 9.97. The Balaban J connectivity index is 0.000000156. The van der Waals surface area contributed by atoms with Gasteiger partial charge < -0.3 is 4.74 Å². The number of hydrogen-bond acceptors (Lipinski definition) is 3. The lowest BCUT2D eigenvalue weighted by Crippen LogP contribution is -2.12. The first-order valence-corrected chi connectivity index (χ1v) is 15.6. The van der Waals surface area contributed by atoms with Gasteiger partial charge in [0.2, 0.25) is 0 Å². The molecule has 6 rings (SSSR count). The van der Waals surface area contributed by atoms with Gasteiger partial charge in [-0.1, -0.05) is 80.9 Å². The maximum absolute atomic E-state index is 12.8. The van der Waals surface area contributed by atoms with E-state index in [0.29, 0.717) is 29.7 Å². The van der Waals surface area contributed by atoms with Gasteiger partial charge in [0.1, 0.15) is 5.75 Å². The molecule has 0 spiro atoms. The topological polar surface area (TPSA) is 43.4 Å². The van der Waals surface area contributed by atoms with Crippen molar-refractivity contribution in [1.82, 2.24) is 0 Å². The van der Waals surface area contributed by atoms with Crippen LogP contribution in [0.25, 0.3) is 0 Å². The SMILES string of the molecule is CC(C)c1ccc2c(c1)Cc1ccccc1S2=O.CCCOc1ccc(Cl)c2c1S(=O)c1ccccc1C2. The summed E-state index contributed by atoms with van der Waals surface area (Å²) in [6.07, 6.45) is 2.53. The van der Waals surface area contributed by atoms with Gasteiger partial charge in [-0.25, -0.2) is 8.42 Å². The van der Waals surface area contributed by atoms with E-state index in [9.17, 15) is 8.42 Å². The minimum Gasteiger partial charge on any atom is -0.492 e. The predicted molar refractivity (Wildman–Crippen MR) is 156 cm³/mol. The second-order valence-corrected chi connectivity index (χ2v) is 13.0. The first-order valence-electron chi connectivity index (χ1n) is 12.9. The van der Waals surface area contributed by atoms with Gasteiger partial charge in [-0.3, -0.25) is 0 Å². The lowest BCUT2D eigenvalue weighted by Gasteiger charge is -2.22. The molecule has 2 heterocycles. The Hall–Kier alpha value is -2.73. The fourth-order valence-corrected chi connectivity index (χ4v) is 8.01. The van der Waals surface area contributed by atoms with Crippen LogP contribution in [0, 0.1) is 0 Å². The van der Waals surface area contributed by atoms with Crippen LogP contribution in [-0.4, -0.2) is 15.0 Å². The maximum atomic E-state index is 12.8. The van der Waals surface area contributed by atoms with Gasteiger partial charge in [-0.05, 0) is 76.9 Å². The van der Waals surface area contributed by atoms with E-state index in [1.807, 2.05) is 60.7 Å². The van der Waals surface area contributed by atoms with Gasteiger partial charge in [0.25, 0.3) is 0 Å². The van der Waals surface area contributed by atoms with Gasteiger partial charge in [0.05, 0.1) is 33.1 Å². The van der Waals surface area contributed by atoms with Crippen LogP contribution in [0.15, 0.2) is 98.4 Å². The molecule has 2 aliphatic rings. The highest BCUT2D eigenvalue weighted by molar-refractivity contribution is 7.85. The van der Waals surface area contributed by atoms with Crippen molar-refractivity contribution in [2.24, 2.45) is 0 Å². The Labute approximate surface area is 235 Å². The van der Waals surface area contributed by atoms with Crippen LogP contribution in [-0.2, 0) is 34.4 Å². The third kappa shape index (κ3) is 5.25. The molecule has 0 aromatic heterocycles. The summed E-state index contributed by atoms with van der Waals surface area (Å²) in [5.74, 6) is 1.21. The van der Waals surface area contributed by atoms with Crippen molar-refractivity contribution in [3.05, 3.63) is 112 Å². The number of hydrogen-bond donors (Lipinski definition) is 0. The zero-order valence-electron chi connectivity index (χ0n) is 21.8. The fraction of sp³-hybridized carbons (Fsp3) is 0.250. The highest BCUT2D eigenvalue weighted by Crippen LogP contribution is 2.40. The Kier molecular flexibility index (Phi) is 8.18. The zero-order chi connectivity index (χ0) is 26.8. The van der Waals surface area contributed by atoms with Crippen molar-refractivity contribution < 1.29 is 13.2 Å². The molecule has 0 saturated heterocycles. The minimum absolute atomic E-state index is 0.515. The molecule has 196 valence electrons. The molecule has 2 unspecified atom stereocenters. The van der Waals surface area contributed by atoms with Crippen molar-refractivity contribution >= 4 is 33.2 Å². The first kappa shape index (κ1) is 26.9. The number of fused-ring (bicyclic) bond motifs is 4. The Morgan fingerprint density at radius 3 is 2.11 bits per heavy atom. The molecule has 2 aliphatic heterocycles. The quantitative estimate of drug-likeness (QED) is 0.218. The molecule has 0 N–H and O–H groups in total. The number of halogens is 1. The van der Waals surface area contributed by atoms with E-state index in [1.54, 1.807) is 0 Å². The summed E-state index contributed by atoms with van der Waals surface area (Å²) in [6.45, 7) is 7.05. The molecule has 4 aromatic carbocycles. The van der Waals surface area contributed by atoms with Crippen molar-refractivity contribution in [2.45, 2.75) is 65.5 Å². The third-order valence-electron chi connectivity index (χ3n) is 6.86. The molecule has 0 saturated carbocycles. The smallest absolute Gasteiger partial charge is 0.136 e. The second kappa shape index (κ2) is 11.6. The molecule has 0 fully saturated rings. The molecular weight excluding hydrogens is 532 g/mol. The van der Waals surface area contributed by atoms with E-state index in [1.165, 1.54) is 16.7 Å². The summed E-state index contributed by atoms with van der Waals surface area (Å²) in [6, 6.07) is 25.9. The van der Waals surface area contributed by atoms with E-state index in [-0.39, 0.29) is 0 Å². The molecule has 2 atom stereocenters. The Morgan fingerprint density at radius 1 is 0.789 bits per heavy atom. The van der Waals surface area contributed by atoms with Crippen LogP contribution >= 0.6 is 11.6 Å². The molecule has 4 aromatic rings. The molecule has 0 radical (unpaired) electrons. The van der Waals surface area contributed by atoms with E-state index in [0.717, 1.165) is 43.6 Å². The number of benzene rings is 4. The highest BCUT2D eigenvalue weighted by atomic mass is 35.5. The van der Waals surface area contributed by atoms with Crippen molar-refractivity contribution in [3.8, 4) is 5.75 Å². The van der Waals surface area contributed by atoms with E-state index in [2.05, 4.69) is 39.0 Å². The normalized spacial score (nSPS) is 16.9. The van der Waals surface area contributed by atoms with Crippen LogP contribution in [0.1, 0.15) is 60.9 Å². The van der Waals surface area contributed by atoms with Crippen LogP contribution in [0.3, 0.4) is 0 Å². The summed E-state index contributed by atoms with van der Waals surface area (Å²) >= 11 is 6.29. The van der Waals surface area contributed by atoms with Gasteiger partial charge in [-0.2, -0.15) is 0 Å². The molecule has 0 bridgehead atoms. The van der Waals surface area contributed by atoms with Crippen molar-refractivity contribution in [3.63, 3.8) is 0 Å². The molecule has 3 nitrogen and oxygen atoms in total. The average Bonchev–Trinajstić information content (AvgIpc) is 2.93. The van der Waals surface area contributed by atoms with E-state index >= 15 is 0 Å². The second-order valence-electron chi connectivity index (χ2n) is 9.83. The first-order chi connectivity index (χ1) is 18.4. The predicted octanol–water partition coefficient (Wildman–Crippen LogP) is 8.08. The summed E-state index contributed by atoms with van der Waals surface area (Å²) in [7, 11) is -2.24. The zero-order valence-corrected chi connectivity index (χ0v) is 24.2. The molecule has 38 heavy (non-hydrogen) atoms. The highest BCUT2D eigenvalue weighted by Gasteiger charge is 2.27. The third-order valence-corrected chi connectivity index (χ3v) is 10.4. The van der Waals surface area contributed by atoms with E-state index in [4.69, 9.17) is 16.3 Å². The summed E-state index contributed by atoms with van der Waals surface area (Å²) in [5, 5.41) is 0.659. The van der Waals surface area contributed by atoms with Gasteiger partial charge in [0.15, 0.2) is 0 Å². The fourth-order valence-electron chi connectivity index (χ4n) is 4.84. The minimum atomic E-state index is -1.22. The molecule has 6 heteroatoms. The van der Waals surface area contributed by atoms with E-state index < -0.39 is 21.6 Å².